The summed E-state index contributed by atoms with van der Waals surface area (Å²) in [5.74, 6) is -1.82. The number of morpholine rings is 1. The number of halogens is 2. The van der Waals surface area contributed by atoms with Crippen molar-refractivity contribution < 1.29 is 26.5 Å². The smallest absolute Gasteiger partial charge is 0.257 e. The van der Waals surface area contributed by atoms with Crippen LogP contribution < -0.4 is 0 Å². The lowest BCUT2D eigenvalue weighted by atomic mass is 10.1. The van der Waals surface area contributed by atoms with Crippen molar-refractivity contribution in [2.24, 2.45) is 0 Å². The van der Waals surface area contributed by atoms with Gasteiger partial charge in [-0.2, -0.15) is 9.29 Å². The van der Waals surface area contributed by atoms with Crippen LogP contribution in [-0.4, -0.2) is 42.6 Å². The highest BCUT2D eigenvalue weighted by atomic mass is 32.2. The highest BCUT2D eigenvalue weighted by Gasteiger charge is 2.34. The zero-order chi connectivity index (χ0) is 20.6. The third-order valence-corrected chi connectivity index (χ3v) is 6.52. The van der Waals surface area contributed by atoms with Crippen molar-refractivity contribution in [3.63, 3.8) is 0 Å². The molecular weight excluding hydrogens is 404 g/mol. The number of hydrogen-bond acceptors (Lipinski definition) is 6. The Morgan fingerprint density at radius 3 is 2.69 bits per heavy atom. The van der Waals surface area contributed by atoms with Gasteiger partial charge in [0.05, 0.1) is 11.5 Å². The van der Waals surface area contributed by atoms with E-state index in [0.717, 1.165) is 27.6 Å². The molecule has 1 saturated heterocycles. The molecule has 4 rings (SSSR count). The number of hydrogen-bond donors (Lipinski definition) is 0. The Kier molecular flexibility index (Phi) is 5.15. The van der Waals surface area contributed by atoms with Gasteiger partial charge in [0, 0.05) is 18.7 Å². The van der Waals surface area contributed by atoms with Crippen LogP contribution >= 0.6 is 0 Å². The maximum Gasteiger partial charge on any atom is 0.257 e. The van der Waals surface area contributed by atoms with Gasteiger partial charge in [-0.1, -0.05) is 29.4 Å². The molecule has 0 bridgehead atoms. The lowest BCUT2D eigenvalue weighted by Gasteiger charge is -2.30. The maximum atomic E-state index is 13.5. The number of benzene rings is 2. The van der Waals surface area contributed by atoms with Crippen molar-refractivity contribution >= 4 is 10.0 Å². The van der Waals surface area contributed by atoms with Crippen LogP contribution in [0.2, 0.25) is 0 Å². The van der Waals surface area contributed by atoms with E-state index in [1.807, 2.05) is 31.2 Å². The molecule has 1 aliphatic rings. The summed E-state index contributed by atoms with van der Waals surface area (Å²) in [5, 5.41) is 3.96. The lowest BCUT2D eigenvalue weighted by molar-refractivity contribution is -0.0199. The monoisotopic (exact) mass is 421 g/mol. The average Bonchev–Trinajstić information content (AvgIpc) is 3.20. The average molecular weight is 421 g/mol. The SMILES string of the molecule is Cc1ccccc1-c1noc([C@H]2CN(S(=O)(=O)c3ccc(F)c(F)c3)CCO2)n1. The van der Waals surface area contributed by atoms with E-state index in [2.05, 4.69) is 10.1 Å². The minimum absolute atomic E-state index is 0.0661. The number of nitrogens with zero attached hydrogens (tertiary/aromatic N) is 3. The number of rotatable bonds is 4. The van der Waals surface area contributed by atoms with Crippen LogP contribution in [-0.2, 0) is 14.8 Å². The van der Waals surface area contributed by atoms with Crippen molar-refractivity contribution in [3.8, 4) is 11.4 Å². The molecule has 0 N–H and O–H groups in total. The fourth-order valence-corrected chi connectivity index (χ4v) is 4.52. The molecule has 1 fully saturated rings. The third-order valence-electron chi connectivity index (χ3n) is 4.66. The van der Waals surface area contributed by atoms with Gasteiger partial charge >= 0.3 is 0 Å². The lowest BCUT2D eigenvalue weighted by Crippen LogP contribution is -2.42. The molecule has 2 aromatic carbocycles. The van der Waals surface area contributed by atoms with E-state index in [1.165, 1.54) is 0 Å². The molecule has 0 amide bonds. The van der Waals surface area contributed by atoms with Crippen LogP contribution in [0.4, 0.5) is 8.78 Å². The summed E-state index contributed by atoms with van der Waals surface area (Å²) in [6.45, 7) is 1.99. The Labute approximate surface area is 166 Å². The first-order valence-electron chi connectivity index (χ1n) is 8.82. The Hall–Kier alpha value is -2.69. The number of aromatic nitrogens is 2. The number of ether oxygens (including phenoxy) is 1. The van der Waals surface area contributed by atoms with Crippen molar-refractivity contribution in [3.05, 3.63) is 65.6 Å². The zero-order valence-electron chi connectivity index (χ0n) is 15.4. The Bertz CT molecular complexity index is 1150. The van der Waals surface area contributed by atoms with E-state index in [1.54, 1.807) is 0 Å². The molecule has 152 valence electrons. The van der Waals surface area contributed by atoms with Crippen LogP contribution in [0.25, 0.3) is 11.4 Å². The van der Waals surface area contributed by atoms with Crippen LogP contribution in [0.3, 0.4) is 0 Å². The summed E-state index contributed by atoms with van der Waals surface area (Å²) in [7, 11) is -4.04. The van der Waals surface area contributed by atoms with Gasteiger partial charge in [-0.25, -0.2) is 17.2 Å². The van der Waals surface area contributed by atoms with Gasteiger partial charge in [-0.15, -0.1) is 0 Å². The van der Waals surface area contributed by atoms with Crippen LogP contribution in [0.1, 0.15) is 17.6 Å². The third kappa shape index (κ3) is 3.78. The van der Waals surface area contributed by atoms with Gasteiger partial charge in [-0.3, -0.25) is 0 Å². The molecule has 0 unspecified atom stereocenters. The van der Waals surface area contributed by atoms with E-state index in [0.29, 0.717) is 11.9 Å². The van der Waals surface area contributed by atoms with Crippen molar-refractivity contribution in [1.82, 2.24) is 14.4 Å². The van der Waals surface area contributed by atoms with Gasteiger partial charge in [0.25, 0.3) is 5.89 Å². The van der Waals surface area contributed by atoms with Gasteiger partial charge in [-0.05, 0) is 30.7 Å². The van der Waals surface area contributed by atoms with Crippen molar-refractivity contribution in [2.75, 3.05) is 19.7 Å². The molecular formula is C19H17F2N3O4S. The van der Waals surface area contributed by atoms with E-state index in [9.17, 15) is 17.2 Å². The molecule has 1 aliphatic heterocycles. The number of sulfonamides is 1. The molecule has 2 heterocycles. The van der Waals surface area contributed by atoms with E-state index < -0.39 is 27.8 Å². The van der Waals surface area contributed by atoms with Crippen molar-refractivity contribution in [1.29, 1.82) is 0 Å². The molecule has 0 spiro atoms. The Morgan fingerprint density at radius 2 is 1.93 bits per heavy atom. The first-order valence-corrected chi connectivity index (χ1v) is 10.3. The second kappa shape index (κ2) is 7.62. The van der Waals surface area contributed by atoms with Gasteiger partial charge in [0.1, 0.15) is 0 Å². The fraction of sp³-hybridized carbons (Fsp3) is 0.263. The van der Waals surface area contributed by atoms with E-state index in [-0.39, 0.29) is 30.5 Å². The molecule has 0 saturated carbocycles. The molecule has 10 heteroatoms. The first-order chi connectivity index (χ1) is 13.9. The molecule has 3 aromatic rings. The van der Waals surface area contributed by atoms with E-state index >= 15 is 0 Å². The Balaban J connectivity index is 1.57. The van der Waals surface area contributed by atoms with Gasteiger partial charge in [0.2, 0.25) is 15.8 Å². The first kappa shape index (κ1) is 19.6. The quantitative estimate of drug-likeness (QED) is 0.644. The topological polar surface area (TPSA) is 85.5 Å². The minimum Gasteiger partial charge on any atom is -0.366 e. The second-order valence-electron chi connectivity index (χ2n) is 6.57. The second-order valence-corrected chi connectivity index (χ2v) is 8.51. The minimum atomic E-state index is -4.04. The largest absolute Gasteiger partial charge is 0.366 e. The highest BCUT2D eigenvalue weighted by Crippen LogP contribution is 2.28. The summed E-state index contributed by atoms with van der Waals surface area (Å²) < 4.78 is 64.3. The summed E-state index contributed by atoms with van der Waals surface area (Å²) >= 11 is 0. The molecule has 29 heavy (non-hydrogen) atoms. The van der Waals surface area contributed by atoms with Crippen LogP contribution in [0.5, 0.6) is 0 Å². The van der Waals surface area contributed by atoms with Crippen LogP contribution in [0, 0.1) is 18.6 Å². The summed E-state index contributed by atoms with van der Waals surface area (Å²) in [4.78, 5) is 4.02. The maximum absolute atomic E-state index is 13.5. The predicted molar refractivity (Wildman–Crippen MR) is 98.3 cm³/mol. The Morgan fingerprint density at radius 1 is 1.14 bits per heavy atom. The van der Waals surface area contributed by atoms with Crippen LogP contribution in [0.15, 0.2) is 51.9 Å². The molecule has 0 aliphatic carbocycles. The van der Waals surface area contributed by atoms with Crippen molar-refractivity contribution in [2.45, 2.75) is 17.9 Å². The van der Waals surface area contributed by atoms with Gasteiger partial charge < -0.3 is 9.26 Å². The summed E-state index contributed by atoms with van der Waals surface area (Å²) in [6, 6.07) is 9.99. The fourth-order valence-electron chi connectivity index (χ4n) is 3.08. The van der Waals surface area contributed by atoms with Gasteiger partial charge in [0.15, 0.2) is 17.7 Å². The number of aryl methyl sites for hydroxylation is 1. The van der Waals surface area contributed by atoms with E-state index in [4.69, 9.17) is 9.26 Å². The highest BCUT2D eigenvalue weighted by molar-refractivity contribution is 7.89. The normalized spacial score (nSPS) is 18.1. The summed E-state index contributed by atoms with van der Waals surface area (Å²) in [5.41, 5.74) is 1.76. The molecule has 0 radical (unpaired) electrons. The molecule has 1 aromatic heterocycles. The summed E-state index contributed by atoms with van der Waals surface area (Å²) in [6.07, 6.45) is -0.769. The molecule has 7 nitrogen and oxygen atoms in total. The predicted octanol–water partition coefficient (Wildman–Crippen LogP) is 3.09. The standard InChI is InChI=1S/C19H17F2N3O4S/c1-12-4-2-3-5-14(12)18-22-19(28-23-18)17-11-24(8-9-27-17)29(25,26)13-6-7-15(20)16(21)10-13/h2-7,10,17H,8-9,11H2,1H3/t17-/m1/s1. The molecule has 1 atom stereocenters. The zero-order valence-corrected chi connectivity index (χ0v) is 16.2.